The molecule has 0 unspecified atom stereocenters. The van der Waals surface area contributed by atoms with E-state index >= 15 is 0 Å². The predicted molar refractivity (Wildman–Crippen MR) is 81.4 cm³/mol. The predicted octanol–water partition coefficient (Wildman–Crippen LogP) is 4.81. The van der Waals surface area contributed by atoms with Crippen LogP contribution >= 0.6 is 15.9 Å². The molecule has 1 aromatic carbocycles. The summed E-state index contributed by atoms with van der Waals surface area (Å²) in [7, 11) is 0. The molecular weight excluding hydrogens is 304 g/mol. The highest BCUT2D eigenvalue weighted by Gasteiger charge is 2.11. The lowest BCUT2D eigenvalue weighted by Crippen LogP contribution is -2.07. The Kier molecular flexibility index (Phi) is 7.65. The molecule has 0 bridgehead atoms. The highest BCUT2D eigenvalue weighted by molar-refractivity contribution is 9.10. The number of rotatable bonds is 9. The summed E-state index contributed by atoms with van der Waals surface area (Å²) in [6.45, 7) is 2.15. The molecule has 1 atom stereocenters. The number of hydrogen-bond acceptors (Lipinski definition) is 2. The van der Waals surface area contributed by atoms with Crippen molar-refractivity contribution in [2.45, 2.75) is 45.4 Å². The molecule has 0 radical (unpaired) electrons. The van der Waals surface area contributed by atoms with Gasteiger partial charge in [0.1, 0.15) is 6.29 Å². The molecule has 0 saturated heterocycles. The summed E-state index contributed by atoms with van der Waals surface area (Å²) >= 11 is 3.35. The van der Waals surface area contributed by atoms with Crippen molar-refractivity contribution in [1.29, 1.82) is 0 Å². The summed E-state index contributed by atoms with van der Waals surface area (Å²) in [4.78, 5) is 23.0. The van der Waals surface area contributed by atoms with Crippen LogP contribution in [0.15, 0.2) is 28.7 Å². The fourth-order valence-corrected chi connectivity index (χ4v) is 2.30. The fourth-order valence-electron chi connectivity index (χ4n) is 2.03. The smallest absolute Gasteiger partial charge is 0.162 e. The summed E-state index contributed by atoms with van der Waals surface area (Å²) in [6, 6.07) is 7.37. The summed E-state index contributed by atoms with van der Waals surface area (Å²) in [5.41, 5.74) is 0.724. The van der Waals surface area contributed by atoms with Crippen LogP contribution < -0.4 is 0 Å². The van der Waals surface area contributed by atoms with Gasteiger partial charge in [-0.25, -0.2) is 0 Å². The standard InChI is InChI=1S/C16H21BrO2/c1-2-3-4-5-13(12-18)6-11-16(19)14-7-9-15(17)10-8-14/h7-10,12-13H,2-6,11H2,1H3/t13-/m0/s1. The van der Waals surface area contributed by atoms with Crippen molar-refractivity contribution in [3.05, 3.63) is 34.3 Å². The van der Waals surface area contributed by atoms with Crippen LogP contribution in [-0.4, -0.2) is 12.1 Å². The molecule has 1 rings (SSSR count). The molecule has 0 aromatic heterocycles. The van der Waals surface area contributed by atoms with Crippen molar-refractivity contribution >= 4 is 28.0 Å². The minimum absolute atomic E-state index is 0.0333. The van der Waals surface area contributed by atoms with Crippen LogP contribution in [0.5, 0.6) is 0 Å². The van der Waals surface area contributed by atoms with E-state index in [0.29, 0.717) is 12.8 Å². The van der Waals surface area contributed by atoms with Gasteiger partial charge < -0.3 is 4.79 Å². The molecule has 104 valence electrons. The number of aldehydes is 1. The second kappa shape index (κ2) is 9.03. The second-order valence-electron chi connectivity index (χ2n) is 4.86. The van der Waals surface area contributed by atoms with Crippen molar-refractivity contribution in [1.82, 2.24) is 0 Å². The number of Topliss-reactive ketones (excluding diaryl/α,β-unsaturated/α-hetero) is 1. The monoisotopic (exact) mass is 324 g/mol. The molecule has 0 amide bonds. The van der Waals surface area contributed by atoms with Gasteiger partial charge in [0.15, 0.2) is 5.78 Å². The summed E-state index contributed by atoms with van der Waals surface area (Å²) in [5.74, 6) is 0.154. The van der Waals surface area contributed by atoms with Crippen LogP contribution in [0.2, 0.25) is 0 Å². The fraction of sp³-hybridized carbons (Fsp3) is 0.500. The molecule has 0 fully saturated rings. The van der Waals surface area contributed by atoms with E-state index in [1.807, 2.05) is 24.3 Å². The third-order valence-electron chi connectivity index (χ3n) is 3.28. The topological polar surface area (TPSA) is 34.1 Å². The zero-order valence-electron chi connectivity index (χ0n) is 11.4. The second-order valence-corrected chi connectivity index (χ2v) is 5.78. The molecule has 0 N–H and O–H groups in total. The lowest BCUT2D eigenvalue weighted by molar-refractivity contribution is -0.111. The Morgan fingerprint density at radius 3 is 2.47 bits per heavy atom. The van der Waals surface area contributed by atoms with Gasteiger partial charge in [-0.15, -0.1) is 0 Å². The van der Waals surface area contributed by atoms with Gasteiger partial charge in [0.2, 0.25) is 0 Å². The number of carbonyl (C=O) groups excluding carboxylic acids is 2. The van der Waals surface area contributed by atoms with E-state index in [4.69, 9.17) is 0 Å². The molecule has 0 heterocycles. The molecule has 2 nitrogen and oxygen atoms in total. The third-order valence-corrected chi connectivity index (χ3v) is 3.81. The maximum atomic E-state index is 12.0. The summed E-state index contributed by atoms with van der Waals surface area (Å²) < 4.78 is 0.967. The van der Waals surface area contributed by atoms with Gasteiger partial charge in [-0.1, -0.05) is 54.2 Å². The van der Waals surface area contributed by atoms with Crippen LogP contribution in [0, 0.1) is 5.92 Å². The molecule has 0 aliphatic carbocycles. The first-order valence-electron chi connectivity index (χ1n) is 6.91. The molecule has 1 aromatic rings. The van der Waals surface area contributed by atoms with E-state index in [2.05, 4.69) is 22.9 Å². The Hall–Kier alpha value is -0.960. The van der Waals surface area contributed by atoms with E-state index in [9.17, 15) is 9.59 Å². The van der Waals surface area contributed by atoms with Crippen LogP contribution in [0.4, 0.5) is 0 Å². The van der Waals surface area contributed by atoms with Gasteiger partial charge in [0, 0.05) is 22.4 Å². The lowest BCUT2D eigenvalue weighted by Gasteiger charge is -2.09. The van der Waals surface area contributed by atoms with Crippen LogP contribution in [0.3, 0.4) is 0 Å². The Balaban J connectivity index is 2.39. The van der Waals surface area contributed by atoms with Crippen molar-refractivity contribution in [2.24, 2.45) is 5.92 Å². The molecule has 0 aliphatic heterocycles. The number of hydrogen-bond donors (Lipinski definition) is 0. The number of unbranched alkanes of at least 4 members (excludes halogenated alkanes) is 2. The van der Waals surface area contributed by atoms with Gasteiger partial charge >= 0.3 is 0 Å². The van der Waals surface area contributed by atoms with Crippen molar-refractivity contribution in [3.63, 3.8) is 0 Å². The number of carbonyl (C=O) groups is 2. The number of halogens is 1. The minimum atomic E-state index is 0.0333. The minimum Gasteiger partial charge on any atom is -0.303 e. The molecule has 19 heavy (non-hydrogen) atoms. The maximum Gasteiger partial charge on any atom is 0.162 e. The number of benzene rings is 1. The molecular formula is C16H21BrO2. The zero-order chi connectivity index (χ0) is 14.1. The van der Waals surface area contributed by atoms with E-state index in [1.165, 1.54) is 0 Å². The Bertz CT molecular complexity index is 398. The average Bonchev–Trinajstić information content (AvgIpc) is 2.43. The SMILES string of the molecule is CCCCC[C@H](C=O)CCC(=O)c1ccc(Br)cc1. The molecule has 3 heteroatoms. The maximum absolute atomic E-state index is 12.0. The van der Waals surface area contributed by atoms with Crippen LogP contribution in [-0.2, 0) is 4.79 Å². The largest absolute Gasteiger partial charge is 0.303 e. The quantitative estimate of drug-likeness (QED) is 0.371. The van der Waals surface area contributed by atoms with Crippen molar-refractivity contribution in [2.75, 3.05) is 0 Å². The summed E-state index contributed by atoms with van der Waals surface area (Å²) in [5, 5.41) is 0. The van der Waals surface area contributed by atoms with Crippen molar-refractivity contribution < 1.29 is 9.59 Å². The van der Waals surface area contributed by atoms with Crippen LogP contribution in [0.1, 0.15) is 55.8 Å². The van der Waals surface area contributed by atoms with E-state index in [-0.39, 0.29) is 11.7 Å². The lowest BCUT2D eigenvalue weighted by atomic mass is 9.95. The zero-order valence-corrected chi connectivity index (χ0v) is 13.0. The van der Waals surface area contributed by atoms with Gasteiger partial charge in [-0.05, 0) is 25.0 Å². The highest BCUT2D eigenvalue weighted by atomic mass is 79.9. The van der Waals surface area contributed by atoms with Crippen LogP contribution in [0.25, 0.3) is 0 Å². The van der Waals surface area contributed by atoms with E-state index in [1.54, 1.807) is 0 Å². The normalized spacial score (nSPS) is 12.1. The molecule has 0 spiro atoms. The van der Waals surface area contributed by atoms with Gasteiger partial charge in [0.05, 0.1) is 0 Å². The first kappa shape index (κ1) is 16.1. The average molecular weight is 325 g/mol. The van der Waals surface area contributed by atoms with Crippen molar-refractivity contribution in [3.8, 4) is 0 Å². The summed E-state index contributed by atoms with van der Waals surface area (Å²) in [6.07, 6.45) is 6.43. The Morgan fingerprint density at radius 1 is 1.21 bits per heavy atom. The molecule has 0 saturated carbocycles. The first-order valence-corrected chi connectivity index (χ1v) is 7.70. The third kappa shape index (κ3) is 6.15. The highest BCUT2D eigenvalue weighted by Crippen LogP contribution is 2.17. The molecule has 0 aliphatic rings. The van der Waals surface area contributed by atoms with E-state index < -0.39 is 0 Å². The van der Waals surface area contributed by atoms with Gasteiger partial charge in [0.25, 0.3) is 0 Å². The van der Waals surface area contributed by atoms with E-state index in [0.717, 1.165) is 42.0 Å². The van der Waals surface area contributed by atoms with Gasteiger partial charge in [-0.2, -0.15) is 0 Å². The van der Waals surface area contributed by atoms with Gasteiger partial charge in [-0.3, -0.25) is 4.79 Å². The first-order chi connectivity index (χ1) is 9.17. The Labute approximate surface area is 123 Å². The number of ketones is 1. The Morgan fingerprint density at radius 2 is 1.89 bits per heavy atom.